The van der Waals surface area contributed by atoms with Gasteiger partial charge >= 0.3 is 0 Å². The lowest BCUT2D eigenvalue weighted by atomic mass is 10.1. The van der Waals surface area contributed by atoms with Gasteiger partial charge in [-0.25, -0.2) is 4.99 Å². The number of aliphatic imine (C=N–C) groups is 1. The maximum atomic E-state index is 12.7. The fraction of sp³-hybridized carbons (Fsp3) is 0.308. The zero-order valence-corrected chi connectivity index (χ0v) is 22.6. The van der Waals surface area contributed by atoms with E-state index in [4.69, 9.17) is 34.8 Å². The summed E-state index contributed by atoms with van der Waals surface area (Å²) in [7, 11) is 0. The monoisotopic (exact) mass is 528 g/mol. The van der Waals surface area contributed by atoms with Gasteiger partial charge in [0, 0.05) is 24.0 Å². The molecular weight excluding hydrogens is 498 g/mol. The summed E-state index contributed by atoms with van der Waals surface area (Å²) in [5, 5.41) is 0.844. The second kappa shape index (κ2) is 18.6. The smallest absolute Gasteiger partial charge is 0.277 e. The number of allylic oxidation sites excluding steroid dienone is 1. The molecule has 1 amide bonds. The van der Waals surface area contributed by atoms with Crippen LogP contribution in [0.3, 0.4) is 0 Å². The SMILES string of the molecule is C=CCCC.CCC.CCl.O=C1C(=Nc2ccc(Cl)c(Cl)c2)c2ccccc2N1C/C=C/Cl. The Kier molecular flexibility index (Phi) is 17.6. The van der Waals surface area contributed by atoms with Gasteiger partial charge < -0.3 is 4.90 Å². The fourth-order valence-corrected chi connectivity index (χ4v) is 2.96. The average Bonchev–Trinajstić information content (AvgIpc) is 3.08. The topological polar surface area (TPSA) is 32.7 Å². The van der Waals surface area contributed by atoms with E-state index in [1.54, 1.807) is 29.2 Å². The Balaban J connectivity index is 0.000000877. The molecule has 7 heteroatoms. The molecule has 0 saturated carbocycles. The van der Waals surface area contributed by atoms with Crippen LogP contribution >= 0.6 is 46.4 Å². The molecule has 3 nitrogen and oxygen atoms in total. The van der Waals surface area contributed by atoms with Crippen molar-refractivity contribution in [1.82, 2.24) is 0 Å². The highest BCUT2D eigenvalue weighted by Gasteiger charge is 2.32. The molecule has 0 radical (unpaired) electrons. The number of para-hydroxylation sites is 1. The molecule has 2 aromatic carbocycles. The van der Waals surface area contributed by atoms with Crippen LogP contribution in [0.15, 0.2) is 71.7 Å². The summed E-state index contributed by atoms with van der Waals surface area (Å²) in [6.07, 6.45) is 8.74. The van der Waals surface area contributed by atoms with Crippen molar-refractivity contribution in [2.24, 2.45) is 4.99 Å². The van der Waals surface area contributed by atoms with Crippen LogP contribution in [-0.4, -0.2) is 24.5 Å². The lowest BCUT2D eigenvalue weighted by Crippen LogP contribution is -2.30. The summed E-state index contributed by atoms with van der Waals surface area (Å²) in [4.78, 5) is 18.8. The minimum Gasteiger partial charge on any atom is -0.302 e. The standard InChI is InChI=1S/C17H11Cl3N2O.C5H10.C3H8.CH3Cl/c18-8-3-9-22-15-5-2-1-4-12(15)16(17(22)23)21-11-6-7-13(19)14(20)10-11;1-3-5-4-2;1-3-2;1-2/h1-8,10H,9H2;3H,1,4-5H2,2H3;3H2,1-2H3;1H3/b8-3+,21-16?;;;. The Morgan fingerprint density at radius 1 is 1.03 bits per heavy atom. The molecule has 0 aliphatic carbocycles. The van der Waals surface area contributed by atoms with E-state index in [-0.39, 0.29) is 5.91 Å². The van der Waals surface area contributed by atoms with Gasteiger partial charge in [-0.3, -0.25) is 4.79 Å². The van der Waals surface area contributed by atoms with Crippen molar-refractivity contribution < 1.29 is 4.79 Å². The summed E-state index contributed by atoms with van der Waals surface area (Å²) in [6, 6.07) is 12.5. The highest BCUT2D eigenvalue weighted by molar-refractivity contribution is 6.54. The van der Waals surface area contributed by atoms with Gasteiger partial charge in [-0.1, -0.05) is 98.8 Å². The molecule has 33 heavy (non-hydrogen) atoms. The van der Waals surface area contributed by atoms with Crippen LogP contribution < -0.4 is 4.90 Å². The maximum absolute atomic E-state index is 12.7. The number of alkyl halides is 1. The third-order valence-electron chi connectivity index (χ3n) is 3.91. The molecule has 0 saturated heterocycles. The summed E-state index contributed by atoms with van der Waals surface area (Å²) >= 11 is 22.1. The van der Waals surface area contributed by atoms with Crippen LogP contribution in [0.4, 0.5) is 11.4 Å². The first-order valence-electron chi connectivity index (χ1n) is 10.6. The lowest BCUT2D eigenvalue weighted by Gasteiger charge is -2.13. The number of nitrogens with zero attached hydrogens (tertiary/aromatic N) is 2. The molecule has 180 valence electrons. The van der Waals surface area contributed by atoms with E-state index in [1.165, 1.54) is 24.8 Å². The molecule has 1 aliphatic rings. The van der Waals surface area contributed by atoms with E-state index < -0.39 is 0 Å². The highest BCUT2D eigenvalue weighted by atomic mass is 35.5. The maximum Gasteiger partial charge on any atom is 0.277 e. The van der Waals surface area contributed by atoms with Crippen LogP contribution in [0.2, 0.25) is 10.0 Å². The molecule has 0 N–H and O–H groups in total. The summed E-state index contributed by atoms with van der Waals surface area (Å²) < 4.78 is 0. The predicted molar refractivity (Wildman–Crippen MR) is 149 cm³/mol. The van der Waals surface area contributed by atoms with Gasteiger partial charge in [0.1, 0.15) is 5.71 Å². The van der Waals surface area contributed by atoms with Crippen molar-refractivity contribution in [3.63, 3.8) is 0 Å². The number of rotatable bonds is 5. The second-order valence-corrected chi connectivity index (χ2v) is 7.70. The Labute approximate surface area is 218 Å². The molecule has 1 aliphatic heterocycles. The van der Waals surface area contributed by atoms with Gasteiger partial charge in [-0.05, 0) is 30.7 Å². The number of carbonyl (C=O) groups is 1. The molecule has 0 fully saturated rings. The molecule has 0 spiro atoms. The molecule has 0 aromatic heterocycles. The first-order valence-corrected chi connectivity index (χ1v) is 12.6. The first kappa shape index (κ1) is 31.2. The van der Waals surface area contributed by atoms with Crippen molar-refractivity contribution in [2.75, 3.05) is 17.8 Å². The van der Waals surface area contributed by atoms with Gasteiger partial charge in [0.2, 0.25) is 0 Å². The molecule has 0 bridgehead atoms. The highest BCUT2D eigenvalue weighted by Crippen LogP contribution is 2.32. The number of hydrogen-bond acceptors (Lipinski definition) is 2. The van der Waals surface area contributed by atoms with Crippen LogP contribution in [-0.2, 0) is 4.79 Å². The fourth-order valence-electron chi connectivity index (χ4n) is 2.58. The van der Waals surface area contributed by atoms with E-state index in [2.05, 4.69) is 43.9 Å². The number of anilines is 1. The second-order valence-electron chi connectivity index (χ2n) is 6.64. The first-order chi connectivity index (χ1) is 15.9. The Morgan fingerprint density at radius 2 is 1.67 bits per heavy atom. The molecule has 0 atom stereocenters. The van der Waals surface area contributed by atoms with Crippen molar-refractivity contribution in [2.45, 2.75) is 40.0 Å². The third kappa shape index (κ3) is 10.4. The number of hydrogen-bond donors (Lipinski definition) is 0. The summed E-state index contributed by atoms with van der Waals surface area (Å²) in [5.74, 6) is -0.174. The van der Waals surface area contributed by atoms with Crippen molar-refractivity contribution in [3.8, 4) is 0 Å². The summed E-state index contributed by atoms with van der Waals surface area (Å²) in [6.45, 7) is 10.3. The normalized spacial score (nSPS) is 12.8. The quantitative estimate of drug-likeness (QED) is 0.280. The number of halogens is 4. The largest absolute Gasteiger partial charge is 0.302 e. The predicted octanol–water partition coefficient (Wildman–Crippen LogP) is 9.46. The number of unbranched alkanes of at least 4 members (excludes halogenated alkanes) is 1. The van der Waals surface area contributed by atoms with Gasteiger partial charge in [0.25, 0.3) is 5.91 Å². The average molecular weight is 530 g/mol. The minimum absolute atomic E-state index is 0.174. The van der Waals surface area contributed by atoms with Crippen molar-refractivity contribution in [1.29, 1.82) is 0 Å². The zero-order chi connectivity index (χ0) is 25.2. The van der Waals surface area contributed by atoms with E-state index in [1.807, 2.05) is 30.3 Å². The third-order valence-corrected chi connectivity index (χ3v) is 4.83. The van der Waals surface area contributed by atoms with Gasteiger partial charge in [0.15, 0.2) is 0 Å². The number of benzene rings is 2. The minimum atomic E-state index is -0.174. The van der Waals surface area contributed by atoms with E-state index in [9.17, 15) is 4.79 Å². The molecule has 1 heterocycles. The molecule has 3 rings (SSSR count). The van der Waals surface area contributed by atoms with Crippen LogP contribution in [0.5, 0.6) is 0 Å². The Morgan fingerprint density at radius 3 is 2.18 bits per heavy atom. The molecule has 0 unspecified atom stereocenters. The Bertz CT molecular complexity index is 926. The van der Waals surface area contributed by atoms with Crippen LogP contribution in [0, 0.1) is 0 Å². The van der Waals surface area contributed by atoms with Crippen molar-refractivity contribution in [3.05, 3.63) is 82.3 Å². The zero-order valence-electron chi connectivity index (χ0n) is 19.6. The van der Waals surface area contributed by atoms with Gasteiger partial charge in [-0.2, -0.15) is 0 Å². The van der Waals surface area contributed by atoms with E-state index >= 15 is 0 Å². The lowest BCUT2D eigenvalue weighted by molar-refractivity contribution is -0.112. The van der Waals surface area contributed by atoms with Gasteiger partial charge in [-0.15, -0.1) is 18.2 Å². The van der Waals surface area contributed by atoms with E-state index in [0.717, 1.165) is 17.7 Å². The summed E-state index contributed by atoms with van der Waals surface area (Å²) in [5.41, 5.74) is 3.94. The van der Waals surface area contributed by atoms with Crippen molar-refractivity contribution >= 4 is 69.4 Å². The molecular formula is C26H32Cl4N2O. The number of fused-ring (bicyclic) bond motifs is 1. The van der Waals surface area contributed by atoms with E-state index in [0.29, 0.717) is 28.0 Å². The number of amides is 1. The number of carbonyl (C=O) groups excluding carboxylic acids is 1. The van der Waals surface area contributed by atoms with Crippen LogP contribution in [0.25, 0.3) is 0 Å². The van der Waals surface area contributed by atoms with Gasteiger partial charge in [0.05, 0.1) is 21.4 Å². The Hall–Kier alpha value is -1.78. The van der Waals surface area contributed by atoms with Crippen LogP contribution in [0.1, 0.15) is 45.6 Å². The molecule has 2 aromatic rings.